The van der Waals surface area contributed by atoms with Crippen LogP contribution in [-0.2, 0) is 24.1 Å². The van der Waals surface area contributed by atoms with Gasteiger partial charge in [-0.1, -0.05) is 37.2 Å². The number of fused-ring (bicyclic) bond motifs is 1. The number of hydrogen-bond donors (Lipinski definition) is 0. The van der Waals surface area contributed by atoms with Crippen molar-refractivity contribution in [2.24, 2.45) is 0 Å². The van der Waals surface area contributed by atoms with Crippen LogP contribution in [0.2, 0.25) is 0 Å². The molecule has 1 atom stereocenters. The summed E-state index contributed by atoms with van der Waals surface area (Å²) < 4.78 is 37.3. The van der Waals surface area contributed by atoms with E-state index in [2.05, 4.69) is 4.98 Å². The fourth-order valence-electron chi connectivity index (χ4n) is 2.40. The van der Waals surface area contributed by atoms with Gasteiger partial charge in [-0.15, -0.1) is 11.3 Å². The molecule has 0 aliphatic rings. The van der Waals surface area contributed by atoms with E-state index in [1.165, 1.54) is 23.1 Å². The minimum absolute atomic E-state index is 0.0700. The Hall–Kier alpha value is -1.16. The molecule has 0 N–H and O–H groups in total. The molecule has 2 rings (SSSR count). The van der Waals surface area contributed by atoms with E-state index >= 15 is 0 Å². The van der Waals surface area contributed by atoms with Crippen molar-refractivity contribution in [3.05, 3.63) is 24.3 Å². The predicted molar refractivity (Wildman–Crippen MR) is 115 cm³/mol. The molecule has 0 bridgehead atoms. The van der Waals surface area contributed by atoms with Gasteiger partial charge in [0, 0.05) is 0 Å². The molecule has 1 aromatic carbocycles. The average Bonchev–Trinajstić information content (AvgIpc) is 3.05. The largest absolute Gasteiger partial charge is 0.458 e. The highest BCUT2D eigenvalue weighted by atomic mass is 32.2. The number of unbranched alkanes of at least 4 members (excludes halogenated alkanes) is 1. The Labute approximate surface area is 174 Å². The first kappa shape index (κ1) is 23.1. The van der Waals surface area contributed by atoms with Crippen LogP contribution < -0.4 is 0 Å². The highest BCUT2D eigenvalue weighted by Gasteiger charge is 2.23. The zero-order chi connectivity index (χ0) is 20.6. The topological polar surface area (TPSA) is 82.6 Å². The Kier molecular flexibility index (Phi) is 9.20. The zero-order valence-electron chi connectivity index (χ0n) is 16.4. The lowest BCUT2D eigenvalue weighted by atomic mass is 10.3. The van der Waals surface area contributed by atoms with E-state index in [-0.39, 0.29) is 30.0 Å². The monoisotopic (exact) mass is 445 g/mol. The fourth-order valence-corrected chi connectivity index (χ4v) is 5.88. The highest BCUT2D eigenvalue weighted by molar-refractivity contribution is 8.01. The molecule has 0 fully saturated rings. The third-order valence-corrected chi connectivity index (χ3v) is 7.69. The van der Waals surface area contributed by atoms with Crippen molar-refractivity contribution in [2.45, 2.75) is 50.2 Å². The lowest BCUT2D eigenvalue weighted by molar-refractivity contribution is -0.148. The van der Waals surface area contributed by atoms with Gasteiger partial charge in [0.2, 0.25) is 0 Å². The molecule has 0 aliphatic carbocycles. The maximum atomic E-state index is 12.3. The molecule has 0 saturated carbocycles. The molecule has 9 heteroatoms. The van der Waals surface area contributed by atoms with Gasteiger partial charge in [0.25, 0.3) is 0 Å². The number of aromatic nitrogens is 1. The average molecular weight is 446 g/mol. The Morgan fingerprint density at radius 2 is 2.04 bits per heavy atom. The van der Waals surface area contributed by atoms with E-state index in [1.54, 1.807) is 0 Å². The third kappa shape index (κ3) is 8.06. The number of sulfone groups is 1. The van der Waals surface area contributed by atoms with Crippen molar-refractivity contribution in [3.8, 4) is 0 Å². The van der Waals surface area contributed by atoms with Crippen LogP contribution in [0.5, 0.6) is 0 Å². The number of ether oxygens (including phenoxy) is 2. The maximum Gasteiger partial charge on any atom is 0.316 e. The van der Waals surface area contributed by atoms with Gasteiger partial charge < -0.3 is 9.47 Å². The van der Waals surface area contributed by atoms with E-state index in [1.807, 2.05) is 45.0 Å². The van der Waals surface area contributed by atoms with Gasteiger partial charge in [0.15, 0.2) is 14.2 Å². The fraction of sp³-hybridized carbons (Fsp3) is 0.579. The maximum absolute atomic E-state index is 12.3. The Bertz CT molecular complexity index is 830. The van der Waals surface area contributed by atoms with Crippen LogP contribution in [0.1, 0.15) is 33.6 Å². The Morgan fingerprint density at radius 1 is 1.29 bits per heavy atom. The summed E-state index contributed by atoms with van der Waals surface area (Å²) in [6, 6.07) is 7.77. The molecule has 2 aromatic rings. The summed E-state index contributed by atoms with van der Waals surface area (Å²) in [5, 5.41) is 0. The number of esters is 1. The number of rotatable bonds is 12. The van der Waals surface area contributed by atoms with Crippen LogP contribution in [-0.4, -0.2) is 55.4 Å². The molecule has 0 radical (unpaired) electrons. The standard InChI is InChI=1S/C19H27NO5S3/c1-4-5-10-28(22,23)13-15(11-24-14(2)3)25-18(21)12-26-19-20-16-8-6-7-9-17(16)27-19/h6-9,14-15H,4-5,10-13H2,1-3H3. The van der Waals surface area contributed by atoms with Gasteiger partial charge in [-0.25, -0.2) is 13.4 Å². The van der Waals surface area contributed by atoms with E-state index in [9.17, 15) is 13.2 Å². The number of thioether (sulfide) groups is 1. The predicted octanol–water partition coefficient (Wildman–Crippen LogP) is 3.94. The summed E-state index contributed by atoms with van der Waals surface area (Å²) in [5.74, 6) is -0.503. The van der Waals surface area contributed by atoms with Gasteiger partial charge in [0.1, 0.15) is 6.10 Å². The third-order valence-electron chi connectivity index (χ3n) is 3.75. The second kappa shape index (κ2) is 11.1. The van der Waals surface area contributed by atoms with Crippen molar-refractivity contribution in [2.75, 3.05) is 23.9 Å². The number of carbonyl (C=O) groups is 1. The van der Waals surface area contributed by atoms with Crippen LogP contribution in [0.15, 0.2) is 28.6 Å². The van der Waals surface area contributed by atoms with Gasteiger partial charge in [0.05, 0.1) is 40.2 Å². The van der Waals surface area contributed by atoms with Crippen molar-refractivity contribution in [1.82, 2.24) is 4.98 Å². The summed E-state index contributed by atoms with van der Waals surface area (Å²) >= 11 is 2.81. The van der Waals surface area contributed by atoms with Crippen molar-refractivity contribution in [3.63, 3.8) is 0 Å². The molecule has 28 heavy (non-hydrogen) atoms. The first-order valence-electron chi connectivity index (χ1n) is 9.29. The second-order valence-corrected chi connectivity index (χ2v) is 11.2. The van der Waals surface area contributed by atoms with E-state index in [0.29, 0.717) is 6.42 Å². The smallest absolute Gasteiger partial charge is 0.316 e. The van der Waals surface area contributed by atoms with Crippen molar-refractivity contribution >= 4 is 49.1 Å². The summed E-state index contributed by atoms with van der Waals surface area (Å²) in [5.41, 5.74) is 0.897. The molecule has 156 valence electrons. The van der Waals surface area contributed by atoms with Crippen LogP contribution in [0, 0.1) is 0 Å². The number of para-hydroxylation sites is 1. The van der Waals surface area contributed by atoms with Gasteiger partial charge in [-0.05, 0) is 32.4 Å². The van der Waals surface area contributed by atoms with Crippen LogP contribution >= 0.6 is 23.1 Å². The Balaban J connectivity index is 1.92. The summed E-state index contributed by atoms with van der Waals surface area (Å²) in [6.45, 7) is 5.72. The first-order chi connectivity index (χ1) is 13.3. The van der Waals surface area contributed by atoms with Gasteiger partial charge in [-0.2, -0.15) is 0 Å². The number of hydrogen-bond acceptors (Lipinski definition) is 8. The number of thiazole rings is 1. The molecular formula is C19H27NO5S3. The molecule has 1 heterocycles. The summed E-state index contributed by atoms with van der Waals surface area (Å²) in [4.78, 5) is 16.7. The quantitative estimate of drug-likeness (QED) is 0.361. The molecule has 1 aromatic heterocycles. The zero-order valence-corrected chi connectivity index (χ0v) is 18.9. The molecule has 0 aliphatic heterocycles. The minimum Gasteiger partial charge on any atom is -0.458 e. The number of nitrogens with zero attached hydrogens (tertiary/aromatic N) is 1. The minimum atomic E-state index is -3.30. The van der Waals surface area contributed by atoms with Crippen LogP contribution in [0.4, 0.5) is 0 Å². The molecule has 0 amide bonds. The molecule has 6 nitrogen and oxygen atoms in total. The lowest BCUT2D eigenvalue weighted by Crippen LogP contribution is -2.33. The van der Waals surface area contributed by atoms with Crippen molar-refractivity contribution < 1.29 is 22.7 Å². The van der Waals surface area contributed by atoms with E-state index in [0.717, 1.165) is 21.0 Å². The van der Waals surface area contributed by atoms with Crippen LogP contribution in [0.25, 0.3) is 10.2 Å². The highest BCUT2D eigenvalue weighted by Crippen LogP contribution is 2.29. The van der Waals surface area contributed by atoms with E-state index in [4.69, 9.17) is 9.47 Å². The van der Waals surface area contributed by atoms with Crippen LogP contribution in [0.3, 0.4) is 0 Å². The van der Waals surface area contributed by atoms with Gasteiger partial charge in [-0.3, -0.25) is 4.79 Å². The first-order valence-corrected chi connectivity index (χ1v) is 12.9. The number of carbonyl (C=O) groups excluding carboxylic acids is 1. The lowest BCUT2D eigenvalue weighted by Gasteiger charge is -2.19. The molecular weight excluding hydrogens is 418 g/mol. The SMILES string of the molecule is CCCCS(=O)(=O)CC(COC(C)C)OC(=O)CSc1nc2ccccc2s1. The van der Waals surface area contributed by atoms with Crippen molar-refractivity contribution in [1.29, 1.82) is 0 Å². The van der Waals surface area contributed by atoms with E-state index < -0.39 is 21.9 Å². The molecule has 1 unspecified atom stereocenters. The number of benzene rings is 1. The van der Waals surface area contributed by atoms with Gasteiger partial charge >= 0.3 is 5.97 Å². The normalized spacial score (nSPS) is 13.1. The summed E-state index contributed by atoms with van der Waals surface area (Å²) in [6.07, 6.45) is 0.524. The molecule has 0 saturated heterocycles. The Morgan fingerprint density at radius 3 is 2.71 bits per heavy atom. The summed E-state index contributed by atoms with van der Waals surface area (Å²) in [7, 11) is -3.30. The second-order valence-electron chi connectivity index (χ2n) is 6.70. The molecule has 0 spiro atoms.